The first-order chi connectivity index (χ1) is 11.1. The summed E-state index contributed by atoms with van der Waals surface area (Å²) in [6.45, 7) is 3.73. The lowest BCUT2D eigenvalue weighted by Crippen LogP contribution is -2.03. The fraction of sp³-hybridized carbons (Fsp3) is 0.190. The Morgan fingerprint density at radius 1 is 1.17 bits per heavy atom. The molecule has 0 saturated carbocycles. The smallest absolute Gasteiger partial charge is 0.160 e. The number of allylic oxidation sites excluding steroid dienone is 1. The minimum atomic E-state index is 0.139. The Labute approximate surface area is 136 Å². The molecule has 0 radical (unpaired) electrons. The summed E-state index contributed by atoms with van der Waals surface area (Å²) >= 11 is 0. The van der Waals surface area contributed by atoms with Gasteiger partial charge in [0.15, 0.2) is 5.78 Å². The van der Waals surface area contributed by atoms with Gasteiger partial charge in [0, 0.05) is 29.1 Å². The lowest BCUT2D eigenvalue weighted by Gasteiger charge is -2.14. The topological polar surface area (TPSA) is 22.0 Å². The molecule has 0 bridgehead atoms. The Morgan fingerprint density at radius 3 is 2.61 bits per heavy atom. The molecular weight excluding hydrogens is 282 g/mol. The molecule has 0 spiro atoms. The number of carbonyl (C=O) groups is 1. The fourth-order valence-corrected chi connectivity index (χ4v) is 3.84. The van der Waals surface area contributed by atoms with Crippen molar-refractivity contribution in [3.8, 4) is 11.3 Å². The summed E-state index contributed by atoms with van der Waals surface area (Å²) in [6.07, 6.45) is 5.30. The van der Waals surface area contributed by atoms with E-state index in [1.165, 1.54) is 33.3 Å². The number of nitrogens with zero attached hydrogens (tertiary/aromatic N) is 1. The van der Waals surface area contributed by atoms with Crippen LogP contribution >= 0.6 is 0 Å². The summed E-state index contributed by atoms with van der Waals surface area (Å²) < 4.78 is 2.25. The molecule has 1 aliphatic rings. The van der Waals surface area contributed by atoms with E-state index in [0.717, 1.165) is 17.5 Å². The first kappa shape index (κ1) is 14.0. The predicted octanol–water partition coefficient (Wildman–Crippen LogP) is 4.93. The molecule has 0 atom stereocenters. The zero-order valence-electron chi connectivity index (χ0n) is 13.7. The number of hydrogen-bond donors (Lipinski definition) is 0. The molecule has 2 aromatic carbocycles. The Hall–Kier alpha value is -2.61. The van der Waals surface area contributed by atoms with Crippen molar-refractivity contribution >= 4 is 22.6 Å². The van der Waals surface area contributed by atoms with Gasteiger partial charge in [0.2, 0.25) is 0 Å². The second-order valence-corrected chi connectivity index (χ2v) is 6.27. The molecule has 1 aromatic heterocycles. The SMILES string of the molecule is CC(=O)c1cc2c(-c3ccccc3)n(C)c3c2c(c1C)CC=C3. The highest BCUT2D eigenvalue weighted by Gasteiger charge is 2.23. The molecule has 2 heteroatoms. The van der Waals surface area contributed by atoms with Crippen LogP contribution in [0, 0.1) is 6.92 Å². The van der Waals surface area contributed by atoms with Crippen LogP contribution in [0.3, 0.4) is 0 Å². The van der Waals surface area contributed by atoms with Crippen molar-refractivity contribution in [2.24, 2.45) is 7.05 Å². The first-order valence-corrected chi connectivity index (χ1v) is 7.97. The number of rotatable bonds is 2. The van der Waals surface area contributed by atoms with E-state index in [-0.39, 0.29) is 5.78 Å². The third-order valence-corrected chi connectivity index (χ3v) is 4.95. The van der Waals surface area contributed by atoms with Gasteiger partial charge < -0.3 is 4.57 Å². The molecular formula is C21H19NO. The van der Waals surface area contributed by atoms with Gasteiger partial charge in [-0.05, 0) is 49.1 Å². The van der Waals surface area contributed by atoms with E-state index < -0.39 is 0 Å². The van der Waals surface area contributed by atoms with Crippen molar-refractivity contribution < 1.29 is 4.79 Å². The minimum absolute atomic E-state index is 0.139. The van der Waals surface area contributed by atoms with Gasteiger partial charge in [-0.25, -0.2) is 0 Å². The average molecular weight is 301 g/mol. The van der Waals surface area contributed by atoms with Gasteiger partial charge >= 0.3 is 0 Å². The van der Waals surface area contributed by atoms with Crippen LogP contribution < -0.4 is 0 Å². The van der Waals surface area contributed by atoms with Gasteiger partial charge in [-0.15, -0.1) is 0 Å². The second-order valence-electron chi connectivity index (χ2n) is 6.27. The molecule has 0 N–H and O–H groups in total. The highest BCUT2D eigenvalue weighted by molar-refractivity contribution is 6.09. The van der Waals surface area contributed by atoms with Crippen LogP contribution in [0.5, 0.6) is 0 Å². The predicted molar refractivity (Wildman–Crippen MR) is 95.8 cm³/mol. The Kier molecular flexibility index (Phi) is 3.02. The average Bonchev–Trinajstić information content (AvgIpc) is 2.85. The number of Topliss-reactive ketones (excluding diaryl/α,β-unsaturated/α-hetero) is 1. The van der Waals surface area contributed by atoms with E-state index in [2.05, 4.69) is 61.0 Å². The van der Waals surface area contributed by atoms with Crippen LogP contribution in [-0.2, 0) is 13.5 Å². The van der Waals surface area contributed by atoms with Crippen LogP contribution in [0.15, 0.2) is 42.5 Å². The molecule has 0 fully saturated rings. The van der Waals surface area contributed by atoms with Crippen LogP contribution in [0.2, 0.25) is 0 Å². The van der Waals surface area contributed by atoms with Crippen LogP contribution in [0.25, 0.3) is 28.1 Å². The van der Waals surface area contributed by atoms with Gasteiger partial charge in [0.05, 0.1) is 5.69 Å². The van der Waals surface area contributed by atoms with E-state index in [4.69, 9.17) is 0 Å². The molecule has 4 rings (SSSR count). The Morgan fingerprint density at radius 2 is 1.91 bits per heavy atom. The molecule has 0 unspecified atom stereocenters. The lowest BCUT2D eigenvalue weighted by molar-refractivity contribution is 0.101. The summed E-state index contributed by atoms with van der Waals surface area (Å²) in [5.74, 6) is 0.139. The molecule has 114 valence electrons. The van der Waals surface area contributed by atoms with Crippen molar-refractivity contribution in [3.63, 3.8) is 0 Å². The zero-order chi connectivity index (χ0) is 16.1. The molecule has 1 heterocycles. The lowest BCUT2D eigenvalue weighted by atomic mass is 9.89. The monoisotopic (exact) mass is 301 g/mol. The van der Waals surface area contributed by atoms with Gasteiger partial charge in [0.25, 0.3) is 0 Å². The maximum Gasteiger partial charge on any atom is 0.160 e. The molecule has 3 aromatic rings. The van der Waals surface area contributed by atoms with E-state index >= 15 is 0 Å². The minimum Gasteiger partial charge on any atom is -0.343 e. The summed E-state index contributed by atoms with van der Waals surface area (Å²) in [6, 6.07) is 12.5. The Bertz CT molecular complexity index is 974. The first-order valence-electron chi connectivity index (χ1n) is 7.97. The fourth-order valence-electron chi connectivity index (χ4n) is 3.84. The van der Waals surface area contributed by atoms with Crippen LogP contribution in [0.1, 0.15) is 34.1 Å². The standard InChI is InChI=1S/C21H19NO/c1-13-16-10-7-11-19-20(16)18(12-17(13)14(2)23)21(22(19)3)15-8-5-4-6-9-15/h4-9,11-12H,10H2,1-3H3. The summed E-state index contributed by atoms with van der Waals surface area (Å²) in [7, 11) is 2.11. The van der Waals surface area contributed by atoms with Gasteiger partial charge in [-0.2, -0.15) is 0 Å². The van der Waals surface area contributed by atoms with Crippen molar-refractivity contribution in [2.45, 2.75) is 20.3 Å². The highest BCUT2D eigenvalue weighted by atomic mass is 16.1. The van der Waals surface area contributed by atoms with Crippen molar-refractivity contribution in [2.75, 3.05) is 0 Å². The van der Waals surface area contributed by atoms with Crippen molar-refractivity contribution in [3.05, 3.63) is 64.9 Å². The van der Waals surface area contributed by atoms with Gasteiger partial charge in [0.1, 0.15) is 0 Å². The molecule has 2 nitrogen and oxygen atoms in total. The third-order valence-electron chi connectivity index (χ3n) is 4.95. The van der Waals surface area contributed by atoms with E-state index in [1.807, 2.05) is 6.07 Å². The number of ketones is 1. The van der Waals surface area contributed by atoms with E-state index in [1.54, 1.807) is 6.92 Å². The molecule has 0 aliphatic heterocycles. The van der Waals surface area contributed by atoms with Crippen LogP contribution in [0.4, 0.5) is 0 Å². The summed E-state index contributed by atoms with van der Waals surface area (Å²) in [5, 5.41) is 2.49. The number of carbonyl (C=O) groups excluding carboxylic acids is 1. The maximum absolute atomic E-state index is 12.1. The maximum atomic E-state index is 12.1. The number of aromatic nitrogens is 1. The molecule has 0 amide bonds. The highest BCUT2D eigenvalue weighted by Crippen LogP contribution is 2.40. The number of benzene rings is 2. The molecule has 0 saturated heterocycles. The largest absolute Gasteiger partial charge is 0.343 e. The number of hydrogen-bond acceptors (Lipinski definition) is 1. The van der Waals surface area contributed by atoms with Gasteiger partial charge in [-0.3, -0.25) is 4.79 Å². The van der Waals surface area contributed by atoms with Gasteiger partial charge in [-0.1, -0.05) is 36.4 Å². The van der Waals surface area contributed by atoms with Crippen molar-refractivity contribution in [1.29, 1.82) is 0 Å². The van der Waals surface area contributed by atoms with Crippen molar-refractivity contribution in [1.82, 2.24) is 4.57 Å². The quantitative estimate of drug-likeness (QED) is 0.615. The second kappa shape index (κ2) is 4.95. The molecule has 23 heavy (non-hydrogen) atoms. The molecule has 1 aliphatic carbocycles. The summed E-state index contributed by atoms with van der Waals surface area (Å²) in [4.78, 5) is 12.1. The van der Waals surface area contributed by atoms with E-state index in [9.17, 15) is 4.79 Å². The summed E-state index contributed by atoms with van der Waals surface area (Å²) in [5.41, 5.74) is 6.87. The normalized spacial score (nSPS) is 12.8. The van der Waals surface area contributed by atoms with Crippen LogP contribution in [-0.4, -0.2) is 10.4 Å². The van der Waals surface area contributed by atoms with E-state index in [0.29, 0.717) is 0 Å². The zero-order valence-corrected chi connectivity index (χ0v) is 13.7. The Balaban J connectivity index is 2.19. The third kappa shape index (κ3) is 1.91.